The number of ether oxygens (including phenoxy) is 4. The van der Waals surface area contributed by atoms with Crippen LogP contribution in [0.3, 0.4) is 0 Å². The fraction of sp³-hybridized carbons (Fsp3) is 0.458. The number of hydrogen-bond donors (Lipinski definition) is 0. The minimum atomic E-state index is -0.0199. The van der Waals surface area contributed by atoms with Gasteiger partial charge in [-0.05, 0) is 55.3 Å². The van der Waals surface area contributed by atoms with Gasteiger partial charge in [0.1, 0.15) is 5.75 Å². The number of ketones is 1. The molecule has 0 aromatic heterocycles. The number of likely N-dealkylation sites (tertiary alicyclic amines) is 1. The van der Waals surface area contributed by atoms with Crippen molar-refractivity contribution in [3.8, 4) is 17.2 Å². The molecule has 1 aliphatic heterocycles. The van der Waals surface area contributed by atoms with Crippen LogP contribution in [-0.2, 0) is 17.9 Å². The lowest BCUT2D eigenvalue weighted by atomic mass is 9.89. The molecule has 3 rings (SSSR count). The first kappa shape index (κ1) is 22.1. The third-order valence-corrected chi connectivity index (χ3v) is 5.60. The van der Waals surface area contributed by atoms with E-state index in [1.807, 2.05) is 12.1 Å². The molecule has 162 valence electrons. The zero-order chi connectivity index (χ0) is 21.5. The molecular formula is C24H31NO5. The Morgan fingerprint density at radius 1 is 0.967 bits per heavy atom. The third-order valence-electron chi connectivity index (χ3n) is 5.60. The van der Waals surface area contributed by atoms with Crippen molar-refractivity contribution >= 4 is 5.78 Å². The summed E-state index contributed by atoms with van der Waals surface area (Å²) in [6, 6.07) is 11.6. The standard InChI is InChI=1S/C24H31NO5/c1-27-16-20-12-17(7-9-21(20)28-2)14-25-11-5-6-19(15-25)24(26)18-8-10-22(29-3)23(13-18)30-4/h7-10,12-13,19H,5-6,11,14-16H2,1-4H3. The van der Waals surface area contributed by atoms with Gasteiger partial charge in [0.2, 0.25) is 0 Å². The van der Waals surface area contributed by atoms with Crippen LogP contribution < -0.4 is 14.2 Å². The van der Waals surface area contributed by atoms with Crippen molar-refractivity contribution in [2.24, 2.45) is 5.92 Å². The van der Waals surface area contributed by atoms with E-state index in [1.165, 1.54) is 5.56 Å². The number of piperidine rings is 1. The monoisotopic (exact) mass is 413 g/mol. The number of nitrogens with zero attached hydrogens (tertiary/aromatic N) is 1. The van der Waals surface area contributed by atoms with Crippen LogP contribution in [0.5, 0.6) is 17.2 Å². The molecule has 2 aromatic rings. The number of benzene rings is 2. The molecule has 0 bridgehead atoms. The second-order valence-electron chi connectivity index (χ2n) is 7.59. The molecule has 1 fully saturated rings. The van der Waals surface area contributed by atoms with E-state index in [0.717, 1.165) is 43.8 Å². The number of Topliss-reactive ketones (excluding diaryl/α,β-unsaturated/α-hetero) is 1. The highest BCUT2D eigenvalue weighted by atomic mass is 16.5. The topological polar surface area (TPSA) is 57.2 Å². The maximum absolute atomic E-state index is 13.1. The highest BCUT2D eigenvalue weighted by molar-refractivity contribution is 5.98. The predicted octanol–water partition coefficient (Wildman–Crippen LogP) is 3.95. The predicted molar refractivity (Wildman–Crippen MR) is 116 cm³/mol. The summed E-state index contributed by atoms with van der Waals surface area (Å²) in [7, 11) is 6.53. The van der Waals surface area contributed by atoms with E-state index in [9.17, 15) is 4.79 Å². The van der Waals surface area contributed by atoms with Gasteiger partial charge in [-0.2, -0.15) is 0 Å². The Morgan fingerprint density at radius 2 is 1.70 bits per heavy atom. The van der Waals surface area contributed by atoms with Gasteiger partial charge in [0.15, 0.2) is 17.3 Å². The smallest absolute Gasteiger partial charge is 0.167 e. The number of carbonyl (C=O) groups is 1. The molecule has 30 heavy (non-hydrogen) atoms. The van der Waals surface area contributed by atoms with Crippen LogP contribution in [0.25, 0.3) is 0 Å². The molecule has 6 heteroatoms. The molecule has 0 N–H and O–H groups in total. The van der Waals surface area contributed by atoms with Crippen molar-refractivity contribution < 1.29 is 23.7 Å². The van der Waals surface area contributed by atoms with E-state index in [4.69, 9.17) is 18.9 Å². The zero-order valence-electron chi connectivity index (χ0n) is 18.3. The lowest BCUT2D eigenvalue weighted by Crippen LogP contribution is -2.38. The van der Waals surface area contributed by atoms with Gasteiger partial charge in [0, 0.05) is 37.2 Å². The van der Waals surface area contributed by atoms with Gasteiger partial charge >= 0.3 is 0 Å². The quantitative estimate of drug-likeness (QED) is 0.580. The maximum Gasteiger partial charge on any atom is 0.167 e. The molecule has 0 spiro atoms. The van der Waals surface area contributed by atoms with E-state index in [1.54, 1.807) is 40.6 Å². The van der Waals surface area contributed by atoms with Crippen LogP contribution in [0.1, 0.15) is 34.3 Å². The average Bonchev–Trinajstić information content (AvgIpc) is 2.78. The normalized spacial score (nSPS) is 16.9. The Hall–Kier alpha value is -2.57. The molecule has 6 nitrogen and oxygen atoms in total. The minimum Gasteiger partial charge on any atom is -0.496 e. The van der Waals surface area contributed by atoms with Crippen LogP contribution in [-0.4, -0.2) is 52.2 Å². The van der Waals surface area contributed by atoms with Crippen molar-refractivity contribution in [3.05, 3.63) is 53.1 Å². The van der Waals surface area contributed by atoms with Crippen LogP contribution in [0.15, 0.2) is 36.4 Å². The molecule has 1 heterocycles. The Kier molecular flexibility index (Phi) is 7.71. The average molecular weight is 414 g/mol. The Morgan fingerprint density at radius 3 is 2.40 bits per heavy atom. The molecule has 0 aliphatic carbocycles. The first-order valence-electron chi connectivity index (χ1n) is 10.2. The number of rotatable bonds is 9. The summed E-state index contributed by atoms with van der Waals surface area (Å²) in [6.07, 6.45) is 1.91. The van der Waals surface area contributed by atoms with E-state index in [-0.39, 0.29) is 11.7 Å². The number of carbonyl (C=O) groups excluding carboxylic acids is 1. The van der Waals surface area contributed by atoms with Gasteiger partial charge < -0.3 is 18.9 Å². The molecule has 1 atom stereocenters. The first-order valence-corrected chi connectivity index (χ1v) is 10.2. The van der Waals surface area contributed by atoms with Gasteiger partial charge in [-0.15, -0.1) is 0 Å². The highest BCUT2D eigenvalue weighted by Crippen LogP contribution is 2.30. The Balaban J connectivity index is 1.69. The molecule has 1 aliphatic rings. The number of hydrogen-bond acceptors (Lipinski definition) is 6. The summed E-state index contributed by atoms with van der Waals surface area (Å²) in [5.41, 5.74) is 2.90. The van der Waals surface area contributed by atoms with Crippen molar-refractivity contribution in [1.29, 1.82) is 0 Å². The Bertz CT molecular complexity index is 867. The number of methoxy groups -OCH3 is 4. The Labute approximate surface area is 178 Å². The first-order chi connectivity index (χ1) is 14.6. The van der Waals surface area contributed by atoms with Gasteiger partial charge in [-0.3, -0.25) is 9.69 Å². The summed E-state index contributed by atoms with van der Waals surface area (Å²) in [6.45, 7) is 3.05. The second-order valence-corrected chi connectivity index (χ2v) is 7.59. The minimum absolute atomic E-state index is 0.0199. The SMILES string of the molecule is COCc1cc(CN2CCCC(C(=O)c3ccc(OC)c(OC)c3)C2)ccc1OC. The van der Waals surface area contributed by atoms with E-state index < -0.39 is 0 Å². The zero-order valence-corrected chi connectivity index (χ0v) is 18.3. The summed E-state index contributed by atoms with van der Waals surface area (Å²) >= 11 is 0. The molecule has 1 unspecified atom stereocenters. The van der Waals surface area contributed by atoms with Gasteiger partial charge in [-0.1, -0.05) is 6.07 Å². The van der Waals surface area contributed by atoms with Crippen molar-refractivity contribution in [2.75, 3.05) is 41.5 Å². The fourth-order valence-corrected chi connectivity index (χ4v) is 4.10. The summed E-state index contributed by atoms with van der Waals surface area (Å²) < 4.78 is 21.3. The maximum atomic E-state index is 13.1. The van der Waals surface area contributed by atoms with E-state index in [2.05, 4.69) is 17.0 Å². The molecule has 0 radical (unpaired) electrons. The van der Waals surface area contributed by atoms with Crippen LogP contribution in [0, 0.1) is 5.92 Å². The van der Waals surface area contributed by atoms with Crippen molar-refractivity contribution in [2.45, 2.75) is 26.0 Å². The highest BCUT2D eigenvalue weighted by Gasteiger charge is 2.27. The lowest BCUT2D eigenvalue weighted by molar-refractivity contribution is 0.0811. The summed E-state index contributed by atoms with van der Waals surface area (Å²) in [4.78, 5) is 15.5. The molecule has 0 amide bonds. The van der Waals surface area contributed by atoms with Gasteiger partial charge in [0.05, 0.1) is 27.9 Å². The summed E-state index contributed by atoms with van der Waals surface area (Å²) in [5, 5.41) is 0. The van der Waals surface area contributed by atoms with E-state index in [0.29, 0.717) is 23.7 Å². The van der Waals surface area contributed by atoms with E-state index >= 15 is 0 Å². The second kappa shape index (κ2) is 10.5. The van der Waals surface area contributed by atoms with Crippen LogP contribution >= 0.6 is 0 Å². The largest absolute Gasteiger partial charge is 0.496 e. The third kappa shape index (κ3) is 5.12. The van der Waals surface area contributed by atoms with Crippen LogP contribution in [0.4, 0.5) is 0 Å². The van der Waals surface area contributed by atoms with Gasteiger partial charge in [-0.25, -0.2) is 0 Å². The molecule has 0 saturated carbocycles. The van der Waals surface area contributed by atoms with Crippen molar-refractivity contribution in [3.63, 3.8) is 0 Å². The molecule has 1 saturated heterocycles. The lowest BCUT2D eigenvalue weighted by Gasteiger charge is -2.32. The fourth-order valence-electron chi connectivity index (χ4n) is 4.10. The molecule has 2 aromatic carbocycles. The van der Waals surface area contributed by atoms with Gasteiger partial charge in [0.25, 0.3) is 0 Å². The summed E-state index contributed by atoms with van der Waals surface area (Å²) in [5.74, 6) is 2.19. The molecular weight excluding hydrogens is 382 g/mol. The van der Waals surface area contributed by atoms with Crippen LogP contribution in [0.2, 0.25) is 0 Å². The van der Waals surface area contributed by atoms with Crippen molar-refractivity contribution in [1.82, 2.24) is 4.90 Å².